The van der Waals surface area contributed by atoms with E-state index in [1.807, 2.05) is 33.9 Å². The van der Waals surface area contributed by atoms with Gasteiger partial charge >= 0.3 is 0 Å². The highest BCUT2D eigenvalue weighted by Gasteiger charge is 1.81. The zero-order valence-electron chi connectivity index (χ0n) is 8.07. The van der Waals surface area contributed by atoms with E-state index >= 15 is 0 Å². The summed E-state index contributed by atoms with van der Waals surface area (Å²) in [6, 6.07) is 0. The van der Waals surface area contributed by atoms with Gasteiger partial charge in [0.25, 0.3) is 0 Å². The largest absolute Gasteiger partial charge is 0.389 e. The Labute approximate surface area is 70.5 Å². The Morgan fingerprint density at radius 1 is 1.36 bits per heavy atom. The standard InChI is InChI=1S/C8H13N.C2H6/c1-5-7(2)6-8(3)9-4;1-2/h5-6,9H,1,3H2,2,4H3;1-2H3/b7-6-;. The maximum absolute atomic E-state index is 3.73. The quantitative estimate of drug-likeness (QED) is 0.615. The molecule has 11 heavy (non-hydrogen) atoms. The van der Waals surface area contributed by atoms with E-state index in [1.54, 1.807) is 6.08 Å². The molecule has 0 aliphatic carbocycles. The summed E-state index contributed by atoms with van der Waals surface area (Å²) in [4.78, 5) is 0. The Morgan fingerprint density at radius 3 is 2.09 bits per heavy atom. The first-order valence-corrected chi connectivity index (χ1v) is 3.88. The number of hydrogen-bond donors (Lipinski definition) is 1. The zero-order chi connectivity index (χ0) is 9.28. The minimum absolute atomic E-state index is 0.910. The first-order chi connectivity index (χ1) is 5.20. The maximum Gasteiger partial charge on any atom is 0.0267 e. The molecule has 0 radical (unpaired) electrons. The minimum Gasteiger partial charge on any atom is -0.389 e. The van der Waals surface area contributed by atoms with Crippen LogP contribution in [0.3, 0.4) is 0 Å². The first kappa shape index (κ1) is 12.7. The van der Waals surface area contributed by atoms with Gasteiger partial charge in [-0.25, -0.2) is 0 Å². The van der Waals surface area contributed by atoms with E-state index in [1.165, 1.54) is 0 Å². The van der Waals surface area contributed by atoms with Gasteiger partial charge in [0.1, 0.15) is 0 Å². The van der Waals surface area contributed by atoms with Crippen LogP contribution in [0.15, 0.2) is 36.6 Å². The number of likely N-dealkylation sites (N-methyl/N-ethyl adjacent to an activating group) is 1. The number of nitrogens with one attached hydrogen (secondary N) is 1. The molecule has 1 heteroatoms. The lowest BCUT2D eigenvalue weighted by Gasteiger charge is -1.96. The van der Waals surface area contributed by atoms with Crippen molar-refractivity contribution in [1.29, 1.82) is 0 Å². The lowest BCUT2D eigenvalue weighted by atomic mass is 10.2. The summed E-state index contributed by atoms with van der Waals surface area (Å²) >= 11 is 0. The molecule has 0 rings (SSSR count). The van der Waals surface area contributed by atoms with Gasteiger partial charge in [-0.3, -0.25) is 0 Å². The van der Waals surface area contributed by atoms with Gasteiger partial charge in [0, 0.05) is 12.7 Å². The number of rotatable bonds is 3. The minimum atomic E-state index is 0.910. The van der Waals surface area contributed by atoms with E-state index in [2.05, 4.69) is 18.5 Å². The van der Waals surface area contributed by atoms with E-state index in [9.17, 15) is 0 Å². The highest BCUT2D eigenvalue weighted by molar-refractivity contribution is 5.24. The van der Waals surface area contributed by atoms with Gasteiger partial charge in [-0.1, -0.05) is 33.1 Å². The van der Waals surface area contributed by atoms with Crippen molar-refractivity contribution in [3.8, 4) is 0 Å². The Hall–Kier alpha value is -0.980. The number of hydrogen-bond acceptors (Lipinski definition) is 1. The van der Waals surface area contributed by atoms with Crippen molar-refractivity contribution < 1.29 is 0 Å². The lowest BCUT2D eigenvalue weighted by molar-refractivity contribution is 1.04. The van der Waals surface area contributed by atoms with Crippen molar-refractivity contribution in [2.24, 2.45) is 0 Å². The van der Waals surface area contributed by atoms with Crippen LogP contribution in [0.2, 0.25) is 0 Å². The van der Waals surface area contributed by atoms with E-state index in [4.69, 9.17) is 0 Å². The van der Waals surface area contributed by atoms with Crippen molar-refractivity contribution in [2.45, 2.75) is 20.8 Å². The van der Waals surface area contributed by atoms with Crippen LogP contribution in [0.1, 0.15) is 20.8 Å². The summed E-state index contributed by atoms with van der Waals surface area (Å²) in [5, 5.41) is 2.91. The van der Waals surface area contributed by atoms with E-state index < -0.39 is 0 Å². The van der Waals surface area contributed by atoms with Crippen LogP contribution < -0.4 is 5.32 Å². The summed E-state index contributed by atoms with van der Waals surface area (Å²) < 4.78 is 0. The molecule has 0 bridgehead atoms. The van der Waals surface area contributed by atoms with Gasteiger partial charge in [-0.15, -0.1) is 0 Å². The molecule has 64 valence electrons. The molecule has 0 saturated carbocycles. The highest BCUT2D eigenvalue weighted by Crippen LogP contribution is 1.96. The molecule has 1 nitrogen and oxygen atoms in total. The van der Waals surface area contributed by atoms with Crippen LogP contribution in [0, 0.1) is 0 Å². The highest BCUT2D eigenvalue weighted by atomic mass is 14.8. The van der Waals surface area contributed by atoms with Crippen molar-refractivity contribution in [3.63, 3.8) is 0 Å². The first-order valence-electron chi connectivity index (χ1n) is 3.88. The molecule has 0 spiro atoms. The molecular weight excluding hydrogens is 134 g/mol. The molecular formula is C10H19N. The number of allylic oxidation sites excluding steroid dienone is 3. The molecule has 0 aromatic carbocycles. The topological polar surface area (TPSA) is 12.0 Å². The molecule has 0 amide bonds. The van der Waals surface area contributed by atoms with Crippen LogP contribution in [-0.4, -0.2) is 7.05 Å². The van der Waals surface area contributed by atoms with Crippen LogP contribution >= 0.6 is 0 Å². The van der Waals surface area contributed by atoms with E-state index in [-0.39, 0.29) is 0 Å². The van der Waals surface area contributed by atoms with Gasteiger partial charge in [0.15, 0.2) is 0 Å². The second-order valence-electron chi connectivity index (χ2n) is 1.87. The summed E-state index contributed by atoms with van der Waals surface area (Å²) in [6.07, 6.45) is 3.73. The zero-order valence-corrected chi connectivity index (χ0v) is 8.07. The SMILES string of the molecule is C=C/C(C)=C\C(=C)NC.CC. The van der Waals surface area contributed by atoms with Crippen molar-refractivity contribution >= 4 is 0 Å². The van der Waals surface area contributed by atoms with Crippen LogP contribution in [-0.2, 0) is 0 Å². The monoisotopic (exact) mass is 153 g/mol. The smallest absolute Gasteiger partial charge is 0.0267 e. The average molecular weight is 153 g/mol. The molecule has 1 N–H and O–H groups in total. The summed E-state index contributed by atoms with van der Waals surface area (Å²) in [5.74, 6) is 0. The second kappa shape index (κ2) is 9.02. The maximum atomic E-state index is 3.73. The van der Waals surface area contributed by atoms with Crippen molar-refractivity contribution in [1.82, 2.24) is 5.32 Å². The Morgan fingerprint density at radius 2 is 1.82 bits per heavy atom. The molecule has 0 fully saturated rings. The Balaban J connectivity index is 0. The fourth-order valence-corrected chi connectivity index (χ4v) is 0.406. The third kappa shape index (κ3) is 9.02. The third-order valence-corrected chi connectivity index (χ3v) is 1.04. The second-order valence-corrected chi connectivity index (χ2v) is 1.87. The predicted octanol–water partition coefficient (Wildman–Crippen LogP) is 2.88. The Bertz CT molecular complexity index is 143. The molecule has 0 atom stereocenters. The van der Waals surface area contributed by atoms with E-state index in [0.717, 1.165) is 11.3 Å². The summed E-state index contributed by atoms with van der Waals surface area (Å²) in [5.41, 5.74) is 2.03. The van der Waals surface area contributed by atoms with Crippen molar-refractivity contribution in [2.75, 3.05) is 7.05 Å². The molecule has 0 aliphatic heterocycles. The van der Waals surface area contributed by atoms with Gasteiger partial charge in [-0.05, 0) is 18.6 Å². The van der Waals surface area contributed by atoms with Gasteiger partial charge in [0.2, 0.25) is 0 Å². The molecule has 0 saturated heterocycles. The average Bonchev–Trinajstić information content (AvgIpc) is 2.07. The van der Waals surface area contributed by atoms with Gasteiger partial charge < -0.3 is 5.32 Å². The predicted molar refractivity (Wildman–Crippen MR) is 53.5 cm³/mol. The normalized spacial score (nSPS) is 9.27. The Kier molecular flexibility index (Phi) is 10.4. The van der Waals surface area contributed by atoms with Crippen LogP contribution in [0.4, 0.5) is 0 Å². The lowest BCUT2D eigenvalue weighted by Crippen LogP contribution is -2.00. The molecule has 0 heterocycles. The van der Waals surface area contributed by atoms with Gasteiger partial charge in [0.05, 0.1) is 0 Å². The fourth-order valence-electron chi connectivity index (χ4n) is 0.406. The van der Waals surface area contributed by atoms with Gasteiger partial charge in [-0.2, -0.15) is 0 Å². The van der Waals surface area contributed by atoms with Crippen LogP contribution in [0.25, 0.3) is 0 Å². The summed E-state index contributed by atoms with van der Waals surface area (Å²) in [6.45, 7) is 13.3. The fraction of sp³-hybridized carbons (Fsp3) is 0.400. The summed E-state index contributed by atoms with van der Waals surface area (Å²) in [7, 11) is 1.84. The van der Waals surface area contributed by atoms with E-state index in [0.29, 0.717) is 0 Å². The molecule has 0 aliphatic rings. The molecule has 0 aromatic rings. The molecule has 0 aromatic heterocycles. The molecule has 0 unspecified atom stereocenters. The van der Waals surface area contributed by atoms with Crippen LogP contribution in [0.5, 0.6) is 0 Å². The third-order valence-electron chi connectivity index (χ3n) is 1.04. The van der Waals surface area contributed by atoms with Crippen molar-refractivity contribution in [3.05, 3.63) is 36.6 Å².